The lowest BCUT2D eigenvalue weighted by molar-refractivity contribution is 0.554. The Bertz CT molecular complexity index is 1750. The van der Waals surface area contributed by atoms with Crippen LogP contribution in [0.2, 0.25) is 0 Å². The number of hydrogen-bond donors (Lipinski definition) is 0. The Kier molecular flexibility index (Phi) is 4.28. The van der Waals surface area contributed by atoms with Gasteiger partial charge in [0.2, 0.25) is 0 Å². The van der Waals surface area contributed by atoms with E-state index < -0.39 is 0 Å². The van der Waals surface area contributed by atoms with Crippen LogP contribution in [0.5, 0.6) is 0 Å². The van der Waals surface area contributed by atoms with E-state index in [0.717, 1.165) is 42.2 Å². The third kappa shape index (κ3) is 3.02. The summed E-state index contributed by atoms with van der Waals surface area (Å²) in [4.78, 5) is 20.1. The molecule has 172 valence electrons. The molecule has 0 spiro atoms. The number of thioether (sulfide) groups is 4. The molecule has 4 heterocycles. The molecule has 0 saturated heterocycles. The summed E-state index contributed by atoms with van der Waals surface area (Å²) in [5.74, 6) is 1.09. The van der Waals surface area contributed by atoms with E-state index in [9.17, 15) is 0 Å². The zero-order valence-corrected chi connectivity index (χ0v) is 22.0. The Morgan fingerprint density at radius 1 is 0.528 bits per heavy atom. The first-order valence-corrected chi connectivity index (χ1v) is 15.2. The van der Waals surface area contributed by atoms with Crippen molar-refractivity contribution in [3.05, 3.63) is 80.3 Å². The van der Waals surface area contributed by atoms with Crippen LogP contribution >= 0.6 is 47.0 Å². The average Bonchev–Trinajstić information content (AvgIpc) is 3.52. The van der Waals surface area contributed by atoms with Gasteiger partial charge in [0.05, 0.1) is 30.5 Å². The summed E-state index contributed by atoms with van der Waals surface area (Å²) in [7, 11) is 0. The van der Waals surface area contributed by atoms with Gasteiger partial charge >= 0.3 is 0 Å². The highest BCUT2D eigenvalue weighted by molar-refractivity contribution is 8.30. The van der Waals surface area contributed by atoms with Crippen molar-refractivity contribution in [1.29, 1.82) is 0 Å². The maximum Gasteiger partial charge on any atom is 0.135 e. The van der Waals surface area contributed by atoms with Crippen molar-refractivity contribution < 1.29 is 0 Å². The van der Waals surface area contributed by atoms with Crippen LogP contribution in [0.15, 0.2) is 89.3 Å². The molecule has 2 atom stereocenters. The van der Waals surface area contributed by atoms with Crippen LogP contribution in [0.1, 0.15) is 35.8 Å². The average molecular weight is 537 g/mol. The van der Waals surface area contributed by atoms with E-state index in [1.807, 2.05) is 0 Å². The van der Waals surface area contributed by atoms with Crippen molar-refractivity contribution in [2.24, 2.45) is 0 Å². The van der Waals surface area contributed by atoms with Gasteiger partial charge in [0.1, 0.15) is 20.1 Å². The highest BCUT2D eigenvalue weighted by Gasteiger charge is 2.33. The van der Waals surface area contributed by atoms with E-state index in [1.165, 1.54) is 43.2 Å². The predicted molar refractivity (Wildman–Crippen MR) is 151 cm³/mol. The molecule has 2 aliphatic heterocycles. The lowest BCUT2D eigenvalue weighted by Gasteiger charge is -2.33. The number of rotatable bonds is 0. The lowest BCUT2D eigenvalue weighted by atomic mass is 9.71. The van der Waals surface area contributed by atoms with Gasteiger partial charge in [-0.1, -0.05) is 83.5 Å². The molecule has 5 aliphatic rings. The van der Waals surface area contributed by atoms with E-state index in [0.29, 0.717) is 11.8 Å². The van der Waals surface area contributed by atoms with E-state index in [-0.39, 0.29) is 0 Å². The number of allylic oxidation sites excluding steroid dienone is 2. The van der Waals surface area contributed by atoms with Crippen LogP contribution in [-0.2, 0) is 0 Å². The summed E-state index contributed by atoms with van der Waals surface area (Å²) >= 11 is 6.91. The molecule has 0 radical (unpaired) electrons. The Balaban J connectivity index is 1.09. The van der Waals surface area contributed by atoms with Crippen molar-refractivity contribution in [2.45, 2.75) is 44.8 Å². The Morgan fingerprint density at radius 3 is 1.31 bits per heavy atom. The molecular weight excluding hydrogens is 521 g/mol. The van der Waals surface area contributed by atoms with Gasteiger partial charge in [0, 0.05) is 11.8 Å². The second-order valence-electron chi connectivity index (χ2n) is 9.48. The van der Waals surface area contributed by atoms with Gasteiger partial charge in [-0.15, -0.1) is 0 Å². The van der Waals surface area contributed by atoms with E-state index in [1.54, 1.807) is 47.0 Å². The van der Waals surface area contributed by atoms with Crippen molar-refractivity contribution in [3.8, 4) is 0 Å². The highest BCUT2D eigenvalue weighted by atomic mass is 32.2. The zero-order chi connectivity index (χ0) is 23.4. The van der Waals surface area contributed by atoms with Gasteiger partial charge in [0.15, 0.2) is 0 Å². The quantitative estimate of drug-likeness (QED) is 0.144. The second-order valence-corrected chi connectivity index (χ2v) is 14.0. The maximum absolute atomic E-state index is 5.07. The van der Waals surface area contributed by atoms with Crippen LogP contribution in [-0.4, -0.2) is 19.9 Å². The van der Waals surface area contributed by atoms with E-state index in [4.69, 9.17) is 19.9 Å². The number of benzene rings is 3. The first-order valence-electron chi connectivity index (χ1n) is 12.0. The summed E-state index contributed by atoms with van der Waals surface area (Å²) in [6.07, 6.45) is 7.27. The third-order valence-corrected chi connectivity index (χ3v) is 12.6. The molecule has 0 fully saturated rings. The van der Waals surface area contributed by atoms with E-state index >= 15 is 0 Å². The molecule has 8 heteroatoms. The van der Waals surface area contributed by atoms with Gasteiger partial charge < -0.3 is 0 Å². The van der Waals surface area contributed by atoms with Gasteiger partial charge in [-0.3, -0.25) is 0 Å². The Morgan fingerprint density at radius 2 is 0.917 bits per heavy atom. The van der Waals surface area contributed by atoms with E-state index in [2.05, 4.69) is 60.7 Å². The largest absolute Gasteiger partial charge is 0.237 e. The minimum absolute atomic E-state index is 0.544. The third-order valence-electron chi connectivity index (χ3n) is 7.36. The summed E-state index contributed by atoms with van der Waals surface area (Å²) in [6, 6.07) is 17.3. The number of aromatic nitrogens is 4. The molecule has 4 nitrogen and oxygen atoms in total. The molecule has 36 heavy (non-hydrogen) atoms. The van der Waals surface area contributed by atoms with Crippen LogP contribution in [0, 0.1) is 0 Å². The molecule has 0 N–H and O–H groups in total. The van der Waals surface area contributed by atoms with Crippen LogP contribution in [0.3, 0.4) is 0 Å². The van der Waals surface area contributed by atoms with Gasteiger partial charge in [-0.25, -0.2) is 19.9 Å². The first kappa shape index (κ1) is 20.5. The normalized spacial score (nSPS) is 21.6. The van der Waals surface area contributed by atoms with Crippen molar-refractivity contribution in [3.63, 3.8) is 0 Å². The monoisotopic (exact) mass is 536 g/mol. The summed E-state index contributed by atoms with van der Waals surface area (Å²) in [5, 5.41) is 6.40. The minimum atomic E-state index is 0.544. The second kappa shape index (κ2) is 7.51. The lowest BCUT2D eigenvalue weighted by Crippen LogP contribution is -2.17. The van der Waals surface area contributed by atoms with Crippen LogP contribution in [0.4, 0.5) is 0 Å². The van der Waals surface area contributed by atoms with Crippen molar-refractivity contribution in [1.82, 2.24) is 19.9 Å². The molecular formula is C28H16N4S4. The van der Waals surface area contributed by atoms with Gasteiger partial charge in [0.25, 0.3) is 0 Å². The smallest absolute Gasteiger partial charge is 0.135 e. The number of nitrogens with zero attached hydrogens (tertiary/aromatic N) is 4. The molecule has 2 aromatic heterocycles. The molecule has 10 rings (SSSR count). The van der Waals surface area contributed by atoms with Crippen LogP contribution in [0.25, 0.3) is 32.8 Å². The number of hydrogen-bond acceptors (Lipinski definition) is 8. The molecule has 3 aliphatic carbocycles. The molecule has 2 unspecified atom stereocenters. The summed E-state index contributed by atoms with van der Waals surface area (Å²) in [6.45, 7) is 0. The van der Waals surface area contributed by atoms with Crippen LogP contribution < -0.4 is 0 Å². The van der Waals surface area contributed by atoms with Crippen molar-refractivity contribution >= 4 is 79.9 Å². The Hall–Kier alpha value is -2.52. The molecule has 2 bridgehead atoms. The fraction of sp³-hybridized carbons (Fsp3) is 0.143. The standard InChI is InChI=1S/C28H16N4S4/c1-2-4-16-10-20-19(9-15(16)3-1)29-23-24(30-20)34-27(33-23)28-35-25-26(36-28)32-22-12-18-14-6-5-13(7-8-14)17(18)11-21(22)31-25/h1-6,9-14H,7-8H2. The first-order chi connectivity index (χ1) is 17.7. The minimum Gasteiger partial charge on any atom is -0.237 e. The zero-order valence-electron chi connectivity index (χ0n) is 18.8. The molecule has 0 saturated carbocycles. The van der Waals surface area contributed by atoms with Gasteiger partial charge in [-0.2, -0.15) is 0 Å². The highest BCUT2D eigenvalue weighted by Crippen LogP contribution is 2.60. The Labute approximate surface area is 223 Å². The summed E-state index contributed by atoms with van der Waals surface area (Å²) in [5.41, 5.74) is 6.85. The molecule has 5 aromatic rings. The fourth-order valence-electron chi connectivity index (χ4n) is 5.62. The SMILES string of the molecule is C1=CC2CCC1c1cc3nc4c(nc3cc12)SC(=C1Sc2nc3cc5ccccc5cc3nc2S1)S4. The maximum atomic E-state index is 5.07. The molecule has 0 amide bonds. The topological polar surface area (TPSA) is 51.6 Å². The van der Waals surface area contributed by atoms with Crippen molar-refractivity contribution in [2.75, 3.05) is 0 Å². The number of fused-ring (bicyclic) bond motifs is 6. The predicted octanol–water partition coefficient (Wildman–Crippen LogP) is 8.48. The van der Waals surface area contributed by atoms with Gasteiger partial charge in [-0.05, 0) is 59.0 Å². The summed E-state index contributed by atoms with van der Waals surface area (Å²) < 4.78 is 2.46. The molecule has 3 aromatic carbocycles. The fourth-order valence-corrected chi connectivity index (χ4v) is 10.5.